The van der Waals surface area contributed by atoms with Crippen molar-refractivity contribution in [3.63, 3.8) is 0 Å². The number of rotatable bonds is 7. The van der Waals surface area contributed by atoms with E-state index in [1.165, 1.54) is 23.3 Å². The van der Waals surface area contributed by atoms with E-state index in [2.05, 4.69) is 22.8 Å². The predicted octanol–water partition coefficient (Wildman–Crippen LogP) is 2.17. The number of nitrogens with one attached hydrogen (secondary N) is 2. The van der Waals surface area contributed by atoms with Crippen molar-refractivity contribution in [1.82, 2.24) is 10.6 Å². The van der Waals surface area contributed by atoms with Crippen LogP contribution in [0.4, 0.5) is 5.69 Å². The average molecular weight is 421 g/mol. The molecular formula is C24H27N3O4. The Labute approximate surface area is 181 Å². The van der Waals surface area contributed by atoms with Gasteiger partial charge < -0.3 is 20.6 Å². The SMILES string of the molecule is O=C(NCCCNC(=O)C1CC(=O)N(c2ccc3c(c2)CCC3)C1)c1cccc(O)c1. The van der Waals surface area contributed by atoms with Gasteiger partial charge in [-0.1, -0.05) is 12.1 Å². The van der Waals surface area contributed by atoms with E-state index >= 15 is 0 Å². The molecule has 7 nitrogen and oxygen atoms in total. The van der Waals surface area contributed by atoms with E-state index in [1.807, 2.05) is 6.07 Å². The van der Waals surface area contributed by atoms with Crippen molar-refractivity contribution in [2.45, 2.75) is 32.1 Å². The zero-order valence-corrected chi connectivity index (χ0v) is 17.4. The van der Waals surface area contributed by atoms with Crippen LogP contribution in [0.3, 0.4) is 0 Å². The second kappa shape index (κ2) is 9.20. The maximum Gasteiger partial charge on any atom is 0.251 e. The highest BCUT2D eigenvalue weighted by molar-refractivity contribution is 6.00. The first-order valence-corrected chi connectivity index (χ1v) is 10.8. The number of fused-ring (bicyclic) bond motifs is 1. The van der Waals surface area contributed by atoms with Gasteiger partial charge in [0.15, 0.2) is 0 Å². The number of aromatic hydroxyl groups is 1. The number of phenolic OH excluding ortho intramolecular Hbond substituents is 1. The smallest absolute Gasteiger partial charge is 0.251 e. The third kappa shape index (κ3) is 4.87. The number of hydrogen-bond donors (Lipinski definition) is 3. The second-order valence-electron chi connectivity index (χ2n) is 8.16. The first kappa shape index (κ1) is 20.9. The van der Waals surface area contributed by atoms with Crippen LogP contribution < -0.4 is 15.5 Å². The molecule has 1 aliphatic heterocycles. The summed E-state index contributed by atoms with van der Waals surface area (Å²) in [7, 11) is 0. The molecule has 7 heteroatoms. The maximum absolute atomic E-state index is 12.5. The van der Waals surface area contributed by atoms with E-state index in [9.17, 15) is 19.5 Å². The summed E-state index contributed by atoms with van der Waals surface area (Å²) in [6.07, 6.45) is 4.11. The second-order valence-corrected chi connectivity index (χ2v) is 8.16. The average Bonchev–Trinajstić information content (AvgIpc) is 3.39. The molecule has 1 aliphatic carbocycles. The molecule has 2 aromatic carbocycles. The lowest BCUT2D eigenvalue weighted by Crippen LogP contribution is -2.35. The van der Waals surface area contributed by atoms with E-state index in [1.54, 1.807) is 17.0 Å². The molecule has 2 aromatic rings. The van der Waals surface area contributed by atoms with Gasteiger partial charge in [-0.3, -0.25) is 14.4 Å². The van der Waals surface area contributed by atoms with Crippen LogP contribution in [0, 0.1) is 5.92 Å². The Hall–Kier alpha value is -3.35. The quantitative estimate of drug-likeness (QED) is 0.597. The number of phenols is 1. The normalized spacial score (nSPS) is 17.5. The summed E-state index contributed by atoms with van der Waals surface area (Å²) < 4.78 is 0. The molecule has 4 rings (SSSR count). The highest BCUT2D eigenvalue weighted by atomic mass is 16.3. The molecule has 0 radical (unpaired) electrons. The molecule has 31 heavy (non-hydrogen) atoms. The van der Waals surface area contributed by atoms with E-state index in [-0.39, 0.29) is 35.8 Å². The predicted molar refractivity (Wildman–Crippen MR) is 117 cm³/mol. The lowest BCUT2D eigenvalue weighted by Gasteiger charge is -2.18. The van der Waals surface area contributed by atoms with Crippen LogP contribution in [0.5, 0.6) is 5.75 Å². The van der Waals surface area contributed by atoms with E-state index in [0.717, 1.165) is 24.9 Å². The lowest BCUT2D eigenvalue weighted by molar-refractivity contribution is -0.126. The van der Waals surface area contributed by atoms with Gasteiger partial charge in [-0.15, -0.1) is 0 Å². The van der Waals surface area contributed by atoms with Gasteiger partial charge >= 0.3 is 0 Å². The van der Waals surface area contributed by atoms with Crippen molar-refractivity contribution in [1.29, 1.82) is 0 Å². The summed E-state index contributed by atoms with van der Waals surface area (Å²) in [5, 5.41) is 15.1. The molecule has 1 atom stereocenters. The fourth-order valence-corrected chi connectivity index (χ4v) is 4.25. The van der Waals surface area contributed by atoms with Crippen molar-refractivity contribution in [3.05, 3.63) is 59.2 Å². The topological polar surface area (TPSA) is 98.7 Å². The zero-order valence-electron chi connectivity index (χ0n) is 17.4. The molecule has 162 valence electrons. The van der Waals surface area contributed by atoms with Gasteiger partial charge in [-0.05, 0) is 67.1 Å². The Balaban J connectivity index is 1.21. The number of nitrogens with zero attached hydrogens (tertiary/aromatic N) is 1. The molecule has 1 fully saturated rings. The van der Waals surface area contributed by atoms with Gasteiger partial charge in [-0.25, -0.2) is 0 Å². The van der Waals surface area contributed by atoms with Crippen LogP contribution in [0.2, 0.25) is 0 Å². The summed E-state index contributed by atoms with van der Waals surface area (Å²) >= 11 is 0. The minimum absolute atomic E-state index is 0.0172. The molecule has 1 unspecified atom stereocenters. The molecule has 3 N–H and O–H groups in total. The van der Waals surface area contributed by atoms with E-state index in [0.29, 0.717) is 31.6 Å². The van der Waals surface area contributed by atoms with Crippen LogP contribution in [0.25, 0.3) is 0 Å². The molecule has 1 saturated heterocycles. The minimum atomic E-state index is -0.359. The lowest BCUT2D eigenvalue weighted by atomic mass is 10.1. The van der Waals surface area contributed by atoms with Crippen molar-refractivity contribution in [2.24, 2.45) is 5.92 Å². The van der Waals surface area contributed by atoms with Crippen molar-refractivity contribution >= 4 is 23.4 Å². The Morgan fingerprint density at radius 1 is 1.03 bits per heavy atom. The molecule has 0 aromatic heterocycles. The first-order valence-electron chi connectivity index (χ1n) is 10.8. The number of amides is 3. The Morgan fingerprint density at radius 2 is 1.84 bits per heavy atom. The number of carbonyl (C=O) groups excluding carboxylic acids is 3. The van der Waals surface area contributed by atoms with Crippen molar-refractivity contribution in [2.75, 3.05) is 24.5 Å². The first-order chi connectivity index (χ1) is 15.0. The number of aryl methyl sites for hydroxylation is 2. The summed E-state index contributed by atoms with van der Waals surface area (Å²) in [5.41, 5.74) is 3.95. The zero-order chi connectivity index (χ0) is 21.8. The largest absolute Gasteiger partial charge is 0.508 e. The molecule has 2 aliphatic rings. The number of benzene rings is 2. The Morgan fingerprint density at radius 3 is 2.68 bits per heavy atom. The number of hydrogen-bond acceptors (Lipinski definition) is 4. The summed E-state index contributed by atoms with van der Waals surface area (Å²) in [5.74, 6) is -0.732. The standard InChI is InChI=1S/C24H27N3O4/c28-21-7-2-6-18(13-21)23(30)25-10-3-11-26-24(31)19-14-22(29)27(15-19)20-9-8-16-4-1-5-17(16)12-20/h2,6-9,12-13,19,28H,1,3-5,10-11,14-15H2,(H,25,30)(H,26,31). The van der Waals surface area contributed by atoms with Gasteiger partial charge in [-0.2, -0.15) is 0 Å². The highest BCUT2D eigenvalue weighted by Crippen LogP contribution is 2.30. The van der Waals surface area contributed by atoms with Crippen LogP contribution in [0.1, 0.15) is 40.7 Å². The third-order valence-corrected chi connectivity index (χ3v) is 5.94. The molecule has 3 amide bonds. The van der Waals surface area contributed by atoms with Crippen LogP contribution in [-0.2, 0) is 22.4 Å². The molecular weight excluding hydrogens is 394 g/mol. The highest BCUT2D eigenvalue weighted by Gasteiger charge is 2.35. The van der Waals surface area contributed by atoms with E-state index in [4.69, 9.17) is 0 Å². The number of anilines is 1. The fraction of sp³-hybridized carbons (Fsp3) is 0.375. The maximum atomic E-state index is 12.5. The Bertz CT molecular complexity index is 1000. The van der Waals surface area contributed by atoms with Gasteiger partial charge in [0.05, 0.1) is 5.92 Å². The van der Waals surface area contributed by atoms with Crippen LogP contribution in [0.15, 0.2) is 42.5 Å². The van der Waals surface area contributed by atoms with Crippen LogP contribution >= 0.6 is 0 Å². The minimum Gasteiger partial charge on any atom is -0.508 e. The molecule has 0 spiro atoms. The Kier molecular flexibility index (Phi) is 6.21. The molecule has 0 bridgehead atoms. The van der Waals surface area contributed by atoms with Gasteiger partial charge in [0.1, 0.15) is 5.75 Å². The third-order valence-electron chi connectivity index (χ3n) is 5.94. The summed E-state index contributed by atoms with van der Waals surface area (Å²) in [4.78, 5) is 38.7. The fourth-order valence-electron chi connectivity index (χ4n) is 4.25. The summed E-state index contributed by atoms with van der Waals surface area (Å²) in [6, 6.07) is 12.3. The molecule has 1 heterocycles. The van der Waals surface area contributed by atoms with Gasteiger partial charge in [0, 0.05) is 37.3 Å². The number of carbonyl (C=O) groups is 3. The van der Waals surface area contributed by atoms with Gasteiger partial charge in [0.25, 0.3) is 5.91 Å². The summed E-state index contributed by atoms with van der Waals surface area (Å²) in [6.45, 7) is 1.22. The van der Waals surface area contributed by atoms with Crippen LogP contribution in [-0.4, -0.2) is 42.5 Å². The van der Waals surface area contributed by atoms with Crippen molar-refractivity contribution < 1.29 is 19.5 Å². The monoisotopic (exact) mass is 421 g/mol. The van der Waals surface area contributed by atoms with E-state index < -0.39 is 0 Å². The molecule has 0 saturated carbocycles. The van der Waals surface area contributed by atoms with Gasteiger partial charge in [0.2, 0.25) is 11.8 Å². The van der Waals surface area contributed by atoms with Crippen molar-refractivity contribution in [3.8, 4) is 5.75 Å².